The second kappa shape index (κ2) is 9.20. The molecule has 3 aromatic rings. The lowest BCUT2D eigenvalue weighted by Gasteiger charge is -2.19. The van der Waals surface area contributed by atoms with Crippen LogP contribution >= 0.6 is 22.9 Å². The first kappa shape index (κ1) is 23.1. The third kappa shape index (κ3) is 4.39. The number of hydrogen-bond acceptors (Lipinski definition) is 6. The number of hydrogen-bond donors (Lipinski definition) is 1. The van der Waals surface area contributed by atoms with Crippen molar-refractivity contribution in [2.75, 3.05) is 6.54 Å². The maximum atomic E-state index is 13.1. The van der Waals surface area contributed by atoms with Crippen molar-refractivity contribution in [3.8, 4) is 16.9 Å². The average Bonchev–Trinajstić information content (AvgIpc) is 3.50. The van der Waals surface area contributed by atoms with E-state index in [1.165, 1.54) is 16.2 Å². The second-order valence-electron chi connectivity index (χ2n) is 8.58. The van der Waals surface area contributed by atoms with Crippen LogP contribution in [0.1, 0.15) is 29.7 Å². The van der Waals surface area contributed by atoms with Crippen LogP contribution in [0.4, 0.5) is 8.78 Å². The second-order valence-corrected chi connectivity index (χ2v) is 10.2. The van der Waals surface area contributed by atoms with Crippen LogP contribution in [-0.4, -0.2) is 46.8 Å². The Kier molecular flexibility index (Phi) is 6.26. The van der Waals surface area contributed by atoms with E-state index in [0.29, 0.717) is 17.3 Å². The fourth-order valence-electron chi connectivity index (χ4n) is 4.50. The number of amides is 2. The number of rotatable bonds is 6. The highest BCUT2D eigenvalue weighted by molar-refractivity contribution is 7.19. The van der Waals surface area contributed by atoms with Crippen LogP contribution in [0.2, 0.25) is 5.02 Å². The van der Waals surface area contributed by atoms with Crippen molar-refractivity contribution in [3.05, 3.63) is 45.9 Å². The van der Waals surface area contributed by atoms with Gasteiger partial charge in [-0.1, -0.05) is 11.6 Å². The molecule has 6 nitrogen and oxygen atoms in total. The molecule has 2 saturated heterocycles. The first-order valence-corrected chi connectivity index (χ1v) is 12.2. The number of halogens is 3. The molecule has 178 valence electrons. The van der Waals surface area contributed by atoms with Gasteiger partial charge in [0.05, 0.1) is 22.8 Å². The summed E-state index contributed by atoms with van der Waals surface area (Å²) in [5.74, 6) is 0.270. The Morgan fingerprint density at radius 1 is 1.24 bits per heavy atom. The van der Waals surface area contributed by atoms with Gasteiger partial charge in [0.25, 0.3) is 6.43 Å². The van der Waals surface area contributed by atoms with Gasteiger partial charge in [0.1, 0.15) is 11.9 Å². The van der Waals surface area contributed by atoms with E-state index in [0.717, 1.165) is 31.8 Å². The number of carbonyl (C=O) groups excluding carboxylic acids is 2. The van der Waals surface area contributed by atoms with Gasteiger partial charge in [-0.15, -0.1) is 11.3 Å². The van der Waals surface area contributed by atoms with Crippen molar-refractivity contribution in [2.45, 2.75) is 51.3 Å². The van der Waals surface area contributed by atoms with Gasteiger partial charge in [-0.2, -0.15) is 0 Å². The summed E-state index contributed by atoms with van der Waals surface area (Å²) in [4.78, 5) is 30.7. The van der Waals surface area contributed by atoms with E-state index in [2.05, 4.69) is 10.3 Å². The largest absolute Gasteiger partial charge is 0.488 e. The maximum Gasteiger partial charge on any atom is 0.253 e. The van der Waals surface area contributed by atoms with E-state index in [4.69, 9.17) is 16.3 Å². The number of aromatic nitrogens is 1. The molecule has 34 heavy (non-hydrogen) atoms. The molecule has 2 amide bonds. The van der Waals surface area contributed by atoms with Gasteiger partial charge in [0.2, 0.25) is 11.8 Å². The molecule has 10 heteroatoms. The van der Waals surface area contributed by atoms with Crippen LogP contribution in [-0.2, 0) is 16.1 Å². The highest BCUT2D eigenvalue weighted by Gasteiger charge is 2.33. The van der Waals surface area contributed by atoms with E-state index in [9.17, 15) is 18.4 Å². The Bertz CT molecular complexity index is 1270. The molecule has 2 aliphatic heterocycles. The van der Waals surface area contributed by atoms with Crippen LogP contribution in [0, 0.1) is 6.92 Å². The number of carbonyl (C=O) groups is 2. The molecule has 2 aromatic heterocycles. The van der Waals surface area contributed by atoms with Crippen LogP contribution in [0.15, 0.2) is 30.5 Å². The van der Waals surface area contributed by atoms with Crippen molar-refractivity contribution in [1.82, 2.24) is 15.2 Å². The Labute approximate surface area is 203 Å². The molecule has 0 unspecified atom stereocenters. The van der Waals surface area contributed by atoms with E-state index in [1.807, 2.05) is 19.1 Å². The molecule has 1 N–H and O–H groups in total. The van der Waals surface area contributed by atoms with Crippen molar-refractivity contribution < 1.29 is 23.1 Å². The smallest absolute Gasteiger partial charge is 0.253 e. The fraction of sp³-hybridized carbons (Fsp3) is 0.375. The quantitative estimate of drug-likeness (QED) is 0.480. The molecule has 4 heterocycles. The normalized spacial score (nSPS) is 20.8. The Morgan fingerprint density at radius 2 is 2.00 bits per heavy atom. The summed E-state index contributed by atoms with van der Waals surface area (Å²) in [6, 6.07) is 6.45. The number of pyridine rings is 1. The number of aryl methyl sites for hydroxylation is 1. The molecule has 5 rings (SSSR count). The van der Waals surface area contributed by atoms with Crippen molar-refractivity contribution in [3.63, 3.8) is 0 Å². The standard InChI is InChI=1S/C24H22ClF2N3O3S/c1-12-6-13(25)7-17(22(12)33-14-8-19(24(26)27)29-10-14)16-4-5-28-18-9-15(34-23(16)18)11-30-20(31)2-3-21(30)32/h4-7,9,14,19,24,29H,2-3,8,10-11H2,1H3/t14-,19+/m1/s1. The predicted molar refractivity (Wildman–Crippen MR) is 126 cm³/mol. The number of thiophene rings is 1. The molecule has 2 aliphatic rings. The number of ether oxygens (including phenoxy) is 1. The molecule has 0 bridgehead atoms. The number of benzene rings is 1. The van der Waals surface area contributed by atoms with Gasteiger partial charge in [-0.25, -0.2) is 8.78 Å². The van der Waals surface area contributed by atoms with Crippen LogP contribution in [0.25, 0.3) is 21.3 Å². The lowest BCUT2D eigenvalue weighted by molar-refractivity contribution is -0.138. The number of fused-ring (bicyclic) bond motifs is 1. The van der Waals surface area contributed by atoms with E-state index >= 15 is 0 Å². The summed E-state index contributed by atoms with van der Waals surface area (Å²) in [7, 11) is 0. The summed E-state index contributed by atoms with van der Waals surface area (Å²) in [5, 5.41) is 3.35. The number of nitrogens with one attached hydrogen (secondary N) is 1. The van der Waals surface area contributed by atoms with E-state index in [-0.39, 0.29) is 43.7 Å². The summed E-state index contributed by atoms with van der Waals surface area (Å²) in [5.41, 5.74) is 3.13. The highest BCUT2D eigenvalue weighted by atomic mass is 35.5. The summed E-state index contributed by atoms with van der Waals surface area (Å²) in [6.45, 7) is 2.43. The Morgan fingerprint density at radius 3 is 2.71 bits per heavy atom. The number of likely N-dealkylation sites (tertiary alicyclic amines) is 1. The number of imide groups is 1. The molecule has 0 radical (unpaired) electrons. The van der Waals surface area contributed by atoms with Gasteiger partial charge >= 0.3 is 0 Å². The average molecular weight is 506 g/mol. The van der Waals surface area contributed by atoms with Gasteiger partial charge in [-0.3, -0.25) is 19.5 Å². The molecule has 1 aromatic carbocycles. The van der Waals surface area contributed by atoms with Gasteiger partial charge in [0, 0.05) is 53.0 Å². The van der Waals surface area contributed by atoms with E-state index < -0.39 is 12.5 Å². The first-order chi connectivity index (χ1) is 16.3. The maximum absolute atomic E-state index is 13.1. The molecule has 0 aliphatic carbocycles. The van der Waals surface area contributed by atoms with Crippen molar-refractivity contribution in [1.29, 1.82) is 0 Å². The van der Waals surface area contributed by atoms with Crippen molar-refractivity contribution in [2.24, 2.45) is 0 Å². The summed E-state index contributed by atoms with van der Waals surface area (Å²) >= 11 is 7.85. The molecule has 2 fully saturated rings. The highest BCUT2D eigenvalue weighted by Crippen LogP contribution is 2.42. The van der Waals surface area contributed by atoms with Crippen molar-refractivity contribution >= 4 is 45.0 Å². The molecule has 0 saturated carbocycles. The summed E-state index contributed by atoms with van der Waals surface area (Å²) in [6.07, 6.45) is -0.439. The number of nitrogens with zero attached hydrogens (tertiary/aromatic N) is 2. The van der Waals surface area contributed by atoms with Crippen LogP contribution in [0.3, 0.4) is 0 Å². The third-order valence-electron chi connectivity index (χ3n) is 6.17. The molecule has 2 atom stereocenters. The lowest BCUT2D eigenvalue weighted by Crippen LogP contribution is -2.28. The van der Waals surface area contributed by atoms with Crippen LogP contribution < -0.4 is 10.1 Å². The Balaban J connectivity index is 1.51. The zero-order valence-corrected chi connectivity index (χ0v) is 19.9. The van der Waals surface area contributed by atoms with Gasteiger partial charge in [-0.05, 0) is 36.8 Å². The molecule has 0 spiro atoms. The lowest BCUT2D eigenvalue weighted by atomic mass is 10.0. The summed E-state index contributed by atoms with van der Waals surface area (Å²) < 4.78 is 33.3. The minimum atomic E-state index is -2.45. The molecular weight excluding hydrogens is 484 g/mol. The molecular formula is C24H22ClF2N3O3S. The monoisotopic (exact) mass is 505 g/mol. The Hall–Kier alpha value is -2.62. The first-order valence-electron chi connectivity index (χ1n) is 11.0. The minimum Gasteiger partial charge on any atom is -0.488 e. The van der Waals surface area contributed by atoms with Gasteiger partial charge < -0.3 is 10.1 Å². The van der Waals surface area contributed by atoms with Crippen LogP contribution in [0.5, 0.6) is 5.75 Å². The zero-order valence-electron chi connectivity index (χ0n) is 18.3. The zero-order chi connectivity index (χ0) is 24.0. The SMILES string of the molecule is Cc1cc(Cl)cc(-c2ccnc3cc(CN4C(=O)CCC4=O)sc23)c1O[C@H]1CN[C@H](C(F)F)C1. The third-order valence-corrected chi connectivity index (χ3v) is 7.54. The topological polar surface area (TPSA) is 71.5 Å². The van der Waals surface area contributed by atoms with E-state index in [1.54, 1.807) is 18.3 Å². The fourth-order valence-corrected chi connectivity index (χ4v) is 5.90. The predicted octanol–water partition coefficient (Wildman–Crippen LogP) is 4.95. The number of alkyl halides is 2. The van der Waals surface area contributed by atoms with Gasteiger partial charge in [0.15, 0.2) is 0 Å². The minimum absolute atomic E-state index is 0.163.